The van der Waals surface area contributed by atoms with Crippen LogP contribution in [0.15, 0.2) is 24.5 Å². The highest BCUT2D eigenvalue weighted by molar-refractivity contribution is 5.75. The molecule has 1 aromatic heterocycles. The summed E-state index contributed by atoms with van der Waals surface area (Å²) in [4.78, 5) is 17.1. The fourth-order valence-electron chi connectivity index (χ4n) is 1.68. The molecule has 90 valence electrons. The van der Waals surface area contributed by atoms with Crippen molar-refractivity contribution in [2.75, 3.05) is 0 Å². The minimum atomic E-state index is -3.24. The van der Waals surface area contributed by atoms with Gasteiger partial charge in [0.1, 0.15) is 6.42 Å². The van der Waals surface area contributed by atoms with Crippen LogP contribution in [0.2, 0.25) is 0 Å². The number of rotatable bonds is 4. The number of carboxylic acid groups (broad SMARTS) is 1. The molecule has 0 saturated carbocycles. The molecule has 0 amide bonds. The van der Waals surface area contributed by atoms with Crippen LogP contribution in [-0.4, -0.2) is 27.0 Å². The van der Waals surface area contributed by atoms with Crippen molar-refractivity contribution in [2.24, 2.45) is 0 Å². The summed E-state index contributed by atoms with van der Waals surface area (Å²) < 4.78 is 26.6. The summed E-state index contributed by atoms with van der Waals surface area (Å²) in [6.07, 6.45) is -0.272. The van der Waals surface area contributed by atoms with E-state index in [0.29, 0.717) is 16.6 Å². The van der Waals surface area contributed by atoms with Crippen LogP contribution >= 0.6 is 0 Å². The van der Waals surface area contributed by atoms with Crippen LogP contribution < -0.4 is 0 Å². The Bertz CT molecular complexity index is 551. The van der Waals surface area contributed by atoms with Crippen LogP contribution in [0.5, 0.6) is 0 Å². The molecule has 1 heterocycles. The first kappa shape index (κ1) is 11.5. The summed E-state index contributed by atoms with van der Waals surface area (Å²) in [5.74, 6) is -4.74. The molecule has 2 N–H and O–H groups in total. The zero-order chi connectivity index (χ0) is 12.5. The van der Waals surface area contributed by atoms with Crippen molar-refractivity contribution in [1.82, 2.24) is 9.97 Å². The molecule has 0 bridgehead atoms. The fraction of sp³-hybridized carbons (Fsp3) is 0.273. The molecular weight excluding hydrogens is 230 g/mol. The maximum absolute atomic E-state index is 13.3. The first-order valence-electron chi connectivity index (χ1n) is 4.98. The summed E-state index contributed by atoms with van der Waals surface area (Å²) >= 11 is 0. The molecule has 6 heteroatoms. The van der Waals surface area contributed by atoms with E-state index in [0.717, 1.165) is 0 Å². The minimum absolute atomic E-state index is 0.382. The van der Waals surface area contributed by atoms with Gasteiger partial charge in [0.2, 0.25) is 0 Å². The second kappa shape index (κ2) is 4.12. The van der Waals surface area contributed by atoms with Crippen LogP contribution in [0.4, 0.5) is 8.78 Å². The number of halogens is 2. The van der Waals surface area contributed by atoms with Gasteiger partial charge in [-0.3, -0.25) is 4.79 Å². The number of benzene rings is 1. The Morgan fingerprint density at radius 3 is 2.94 bits per heavy atom. The Morgan fingerprint density at radius 1 is 1.47 bits per heavy atom. The van der Waals surface area contributed by atoms with Gasteiger partial charge in [0.15, 0.2) is 0 Å². The number of aliphatic carboxylic acids is 1. The van der Waals surface area contributed by atoms with Crippen molar-refractivity contribution in [3.8, 4) is 0 Å². The third kappa shape index (κ3) is 2.77. The number of carbonyl (C=O) groups is 1. The van der Waals surface area contributed by atoms with Gasteiger partial charge >= 0.3 is 5.97 Å². The van der Waals surface area contributed by atoms with Gasteiger partial charge in [-0.2, -0.15) is 0 Å². The lowest BCUT2D eigenvalue weighted by Crippen LogP contribution is -2.23. The van der Waals surface area contributed by atoms with Gasteiger partial charge in [0.05, 0.1) is 17.4 Å². The van der Waals surface area contributed by atoms with E-state index in [1.807, 2.05) is 0 Å². The van der Waals surface area contributed by atoms with Crippen molar-refractivity contribution in [3.63, 3.8) is 0 Å². The lowest BCUT2D eigenvalue weighted by atomic mass is 10.0. The standard InChI is InChI=1S/C11H10F2N2O2/c12-11(13,5-10(16)17)4-7-1-2-8-9(3-7)15-6-14-8/h1-3,6H,4-5H2,(H,14,15)(H,16,17). The van der Waals surface area contributed by atoms with Gasteiger partial charge in [-0.05, 0) is 17.7 Å². The predicted octanol–water partition coefficient (Wildman–Crippen LogP) is 2.22. The number of nitrogens with one attached hydrogen (secondary N) is 1. The van der Waals surface area contributed by atoms with Crippen molar-refractivity contribution >= 4 is 17.0 Å². The highest BCUT2D eigenvalue weighted by atomic mass is 19.3. The second-order valence-corrected chi connectivity index (χ2v) is 3.86. The molecular formula is C11H10F2N2O2. The topological polar surface area (TPSA) is 66.0 Å². The van der Waals surface area contributed by atoms with Gasteiger partial charge in [0, 0.05) is 6.42 Å². The first-order chi connectivity index (χ1) is 7.96. The maximum atomic E-state index is 13.3. The van der Waals surface area contributed by atoms with E-state index in [-0.39, 0.29) is 0 Å². The summed E-state index contributed by atoms with van der Waals surface area (Å²) in [6.45, 7) is 0. The fourth-order valence-corrected chi connectivity index (χ4v) is 1.68. The number of carboxylic acids is 1. The molecule has 4 nitrogen and oxygen atoms in total. The van der Waals surface area contributed by atoms with Crippen LogP contribution in [0.1, 0.15) is 12.0 Å². The lowest BCUT2D eigenvalue weighted by molar-refractivity contribution is -0.144. The molecule has 2 rings (SSSR count). The summed E-state index contributed by atoms with van der Waals surface area (Å²) in [7, 11) is 0. The molecule has 0 saturated heterocycles. The Kier molecular flexibility index (Phi) is 2.79. The smallest absolute Gasteiger partial charge is 0.309 e. The summed E-state index contributed by atoms with van der Waals surface area (Å²) in [6, 6.07) is 4.70. The average molecular weight is 240 g/mol. The van der Waals surface area contributed by atoms with Gasteiger partial charge in [0.25, 0.3) is 5.92 Å². The monoisotopic (exact) mass is 240 g/mol. The Hall–Kier alpha value is -1.98. The van der Waals surface area contributed by atoms with E-state index in [4.69, 9.17) is 5.11 Å². The van der Waals surface area contributed by atoms with Crippen molar-refractivity contribution in [1.29, 1.82) is 0 Å². The first-order valence-corrected chi connectivity index (χ1v) is 4.98. The third-order valence-corrected chi connectivity index (χ3v) is 2.36. The number of H-pyrrole nitrogens is 1. The quantitative estimate of drug-likeness (QED) is 0.861. The normalized spacial score (nSPS) is 11.9. The zero-order valence-electron chi connectivity index (χ0n) is 8.78. The van der Waals surface area contributed by atoms with Crippen LogP contribution in [0.3, 0.4) is 0 Å². The number of aromatic amines is 1. The van der Waals surface area contributed by atoms with Gasteiger partial charge in [-0.1, -0.05) is 6.07 Å². The molecule has 0 radical (unpaired) electrons. The van der Waals surface area contributed by atoms with Crippen molar-refractivity contribution in [3.05, 3.63) is 30.1 Å². The third-order valence-electron chi connectivity index (χ3n) is 2.36. The van der Waals surface area contributed by atoms with E-state index in [2.05, 4.69) is 9.97 Å². The Morgan fingerprint density at radius 2 is 2.24 bits per heavy atom. The van der Waals surface area contributed by atoms with Crippen LogP contribution in [-0.2, 0) is 11.2 Å². The number of imidazole rings is 1. The number of nitrogens with zero attached hydrogens (tertiary/aromatic N) is 1. The molecule has 0 aliphatic heterocycles. The number of alkyl halides is 2. The molecule has 17 heavy (non-hydrogen) atoms. The molecule has 0 aliphatic carbocycles. The summed E-state index contributed by atoms with van der Waals surface area (Å²) in [5, 5.41) is 8.37. The molecule has 0 aliphatic rings. The molecule has 0 spiro atoms. The van der Waals surface area contributed by atoms with Crippen LogP contribution in [0.25, 0.3) is 11.0 Å². The zero-order valence-corrected chi connectivity index (χ0v) is 8.78. The van der Waals surface area contributed by atoms with Gasteiger partial charge in [-0.25, -0.2) is 13.8 Å². The van der Waals surface area contributed by atoms with Crippen molar-refractivity contribution < 1.29 is 18.7 Å². The molecule has 0 atom stereocenters. The van der Waals surface area contributed by atoms with E-state index < -0.39 is 24.7 Å². The highest BCUT2D eigenvalue weighted by Crippen LogP contribution is 2.25. The number of aromatic nitrogens is 2. The van der Waals surface area contributed by atoms with Gasteiger partial charge in [-0.15, -0.1) is 0 Å². The number of fused-ring (bicyclic) bond motifs is 1. The second-order valence-electron chi connectivity index (χ2n) is 3.86. The largest absolute Gasteiger partial charge is 0.481 e. The SMILES string of the molecule is O=C(O)CC(F)(F)Cc1ccc2nc[nH]c2c1. The van der Waals surface area contributed by atoms with Crippen molar-refractivity contribution in [2.45, 2.75) is 18.8 Å². The van der Waals surface area contributed by atoms with E-state index in [9.17, 15) is 13.6 Å². The van der Waals surface area contributed by atoms with E-state index in [1.54, 1.807) is 12.1 Å². The minimum Gasteiger partial charge on any atom is -0.481 e. The number of hydrogen-bond acceptors (Lipinski definition) is 2. The Labute approximate surface area is 95.3 Å². The Balaban J connectivity index is 2.19. The van der Waals surface area contributed by atoms with E-state index >= 15 is 0 Å². The molecule has 0 unspecified atom stereocenters. The van der Waals surface area contributed by atoms with E-state index in [1.165, 1.54) is 12.4 Å². The van der Waals surface area contributed by atoms with Crippen LogP contribution in [0, 0.1) is 0 Å². The maximum Gasteiger partial charge on any atom is 0.309 e. The lowest BCUT2D eigenvalue weighted by Gasteiger charge is -2.13. The number of hydrogen-bond donors (Lipinski definition) is 2. The molecule has 1 aromatic carbocycles. The molecule has 2 aromatic rings. The highest BCUT2D eigenvalue weighted by Gasteiger charge is 2.32. The summed E-state index contributed by atoms with van der Waals surface area (Å²) in [5.41, 5.74) is 1.73. The molecule has 0 fully saturated rings. The van der Waals surface area contributed by atoms with Gasteiger partial charge < -0.3 is 10.1 Å². The predicted molar refractivity (Wildman–Crippen MR) is 57.0 cm³/mol. The average Bonchev–Trinajstić information content (AvgIpc) is 2.61.